The monoisotopic (exact) mass is 402 g/mol. The molecule has 0 saturated carbocycles. The van der Waals surface area contributed by atoms with Crippen LogP contribution in [-0.4, -0.2) is 22.9 Å². The fraction of sp³-hybridized carbons (Fsp3) is 0.154. The van der Waals surface area contributed by atoms with Crippen molar-refractivity contribution in [3.8, 4) is 12.1 Å². The van der Waals surface area contributed by atoms with Gasteiger partial charge in [0.1, 0.15) is 6.04 Å². The van der Waals surface area contributed by atoms with Crippen LogP contribution >= 0.6 is 0 Å². The number of hydrogen-bond acceptors (Lipinski definition) is 5. The summed E-state index contributed by atoms with van der Waals surface area (Å²) in [5.74, 6) is -0.776. The molecule has 3 heterocycles. The van der Waals surface area contributed by atoms with Crippen LogP contribution in [0.2, 0.25) is 0 Å². The van der Waals surface area contributed by atoms with E-state index in [4.69, 9.17) is 0 Å². The first-order chi connectivity index (χ1) is 15.2. The molecule has 0 radical (unpaired) electrons. The maximum Gasteiger partial charge on any atom is 0.185 e. The number of hydrogen-bond donors (Lipinski definition) is 0. The number of fused-ring (bicyclic) bond motifs is 3. The molecule has 1 saturated heterocycles. The van der Waals surface area contributed by atoms with E-state index >= 15 is 0 Å². The molecule has 0 unspecified atom stereocenters. The lowest BCUT2D eigenvalue weighted by atomic mass is 9.69. The van der Waals surface area contributed by atoms with Crippen LogP contribution in [0, 0.1) is 28.1 Å². The summed E-state index contributed by atoms with van der Waals surface area (Å²) in [5, 5.41) is 20.7. The largest absolute Gasteiger partial charge is 0.351 e. The predicted molar refractivity (Wildman–Crippen MR) is 117 cm³/mol. The highest BCUT2D eigenvalue weighted by Crippen LogP contribution is 2.55. The molecule has 3 atom stereocenters. The zero-order valence-electron chi connectivity index (χ0n) is 16.6. The fourth-order valence-corrected chi connectivity index (χ4v) is 4.94. The van der Waals surface area contributed by atoms with Gasteiger partial charge in [-0.1, -0.05) is 66.7 Å². The Morgan fingerprint density at radius 1 is 0.968 bits per heavy atom. The van der Waals surface area contributed by atoms with E-state index in [0.29, 0.717) is 11.1 Å². The second-order valence-corrected chi connectivity index (χ2v) is 7.80. The van der Waals surface area contributed by atoms with Gasteiger partial charge in [-0.3, -0.25) is 9.78 Å². The van der Waals surface area contributed by atoms with Gasteiger partial charge in [0.25, 0.3) is 0 Å². The summed E-state index contributed by atoms with van der Waals surface area (Å²) in [7, 11) is 0. The van der Waals surface area contributed by atoms with Gasteiger partial charge in [-0.05, 0) is 23.3 Å². The van der Waals surface area contributed by atoms with Crippen molar-refractivity contribution in [1.82, 2.24) is 4.98 Å². The topological polar surface area (TPSA) is 80.8 Å². The molecule has 5 nitrogen and oxygen atoms in total. The third kappa shape index (κ3) is 2.68. The number of carbonyl (C=O) groups excluding carboxylic acids is 1. The Morgan fingerprint density at radius 2 is 1.71 bits per heavy atom. The van der Waals surface area contributed by atoms with Gasteiger partial charge in [0.05, 0.1) is 18.2 Å². The minimum absolute atomic E-state index is 0.114. The molecule has 5 heteroatoms. The van der Waals surface area contributed by atoms with Gasteiger partial charge in [0.2, 0.25) is 0 Å². The van der Waals surface area contributed by atoms with Gasteiger partial charge in [-0.25, -0.2) is 0 Å². The number of aromatic nitrogens is 1. The van der Waals surface area contributed by atoms with Crippen LogP contribution in [-0.2, 0) is 0 Å². The normalized spacial score (nSPS) is 22.6. The molecule has 0 amide bonds. The predicted octanol–water partition coefficient (Wildman–Crippen LogP) is 4.37. The fourth-order valence-electron chi connectivity index (χ4n) is 4.94. The average Bonchev–Trinajstić information content (AvgIpc) is 3.15. The minimum atomic E-state index is -1.44. The number of carbonyl (C=O) groups is 1. The SMILES string of the molecule is N#CC1(C#N)[C@H](c2cccnc2)[C@@H](C(=O)c2ccccc2)N2c3ccccc3C=C[C@@H]21. The summed E-state index contributed by atoms with van der Waals surface area (Å²) < 4.78 is 0. The second-order valence-electron chi connectivity index (χ2n) is 7.80. The second kappa shape index (κ2) is 7.23. The van der Waals surface area contributed by atoms with Crippen LogP contribution in [0.5, 0.6) is 0 Å². The van der Waals surface area contributed by atoms with Gasteiger partial charge in [-0.15, -0.1) is 0 Å². The molecule has 3 aromatic rings. The van der Waals surface area contributed by atoms with E-state index in [1.807, 2.05) is 65.6 Å². The molecule has 0 bridgehead atoms. The van der Waals surface area contributed by atoms with Crippen molar-refractivity contribution in [3.63, 3.8) is 0 Å². The Morgan fingerprint density at radius 3 is 2.42 bits per heavy atom. The van der Waals surface area contributed by atoms with E-state index in [2.05, 4.69) is 17.1 Å². The van der Waals surface area contributed by atoms with Gasteiger partial charge >= 0.3 is 0 Å². The lowest BCUT2D eigenvalue weighted by Crippen LogP contribution is -2.44. The zero-order chi connectivity index (χ0) is 21.4. The number of para-hydroxylation sites is 1. The molecular weight excluding hydrogens is 384 g/mol. The third-order valence-corrected chi connectivity index (χ3v) is 6.29. The molecule has 148 valence electrons. The smallest absolute Gasteiger partial charge is 0.185 e. The van der Waals surface area contributed by atoms with Crippen LogP contribution in [0.15, 0.2) is 85.2 Å². The highest BCUT2D eigenvalue weighted by Gasteiger charge is 2.63. The summed E-state index contributed by atoms with van der Waals surface area (Å²) in [6, 6.07) is 23.8. The molecule has 1 fully saturated rings. The quantitative estimate of drug-likeness (QED) is 0.608. The van der Waals surface area contributed by atoms with Crippen LogP contribution in [0.1, 0.15) is 27.4 Å². The Balaban J connectivity index is 1.79. The number of pyridine rings is 1. The summed E-state index contributed by atoms with van der Waals surface area (Å²) in [6.07, 6.45) is 7.13. The lowest BCUT2D eigenvalue weighted by molar-refractivity contribution is 0.0951. The number of rotatable bonds is 3. The number of nitrogens with zero attached hydrogens (tertiary/aromatic N) is 4. The molecule has 5 rings (SSSR count). The molecule has 2 aromatic carbocycles. The number of ketones is 1. The van der Waals surface area contributed by atoms with Crippen molar-refractivity contribution >= 4 is 17.5 Å². The van der Waals surface area contributed by atoms with E-state index in [9.17, 15) is 15.3 Å². The molecule has 0 N–H and O–H groups in total. The average molecular weight is 402 g/mol. The number of benzene rings is 2. The van der Waals surface area contributed by atoms with Crippen molar-refractivity contribution in [2.45, 2.75) is 18.0 Å². The van der Waals surface area contributed by atoms with E-state index in [1.165, 1.54) is 0 Å². The summed E-state index contributed by atoms with van der Waals surface area (Å²) >= 11 is 0. The van der Waals surface area contributed by atoms with Gasteiger partial charge in [-0.2, -0.15) is 10.5 Å². The third-order valence-electron chi connectivity index (χ3n) is 6.29. The van der Waals surface area contributed by atoms with Crippen molar-refractivity contribution in [2.75, 3.05) is 4.90 Å². The van der Waals surface area contributed by atoms with Crippen LogP contribution < -0.4 is 4.90 Å². The standard InChI is InChI=1S/C26H18N4O/c27-16-26(17-28)22-13-12-18-7-4-5-11-21(18)30(22)24(23(26)20-10-6-14-29-15-20)25(31)19-8-2-1-3-9-19/h1-15,22-24H/t22-,23-,24+/m1/s1. The summed E-state index contributed by atoms with van der Waals surface area (Å²) in [5.41, 5.74) is 1.63. The van der Waals surface area contributed by atoms with Crippen molar-refractivity contribution in [1.29, 1.82) is 10.5 Å². The first-order valence-electron chi connectivity index (χ1n) is 10.1. The maximum absolute atomic E-state index is 13.9. The van der Waals surface area contributed by atoms with Crippen LogP contribution in [0.4, 0.5) is 5.69 Å². The van der Waals surface area contributed by atoms with Gasteiger partial charge in [0.15, 0.2) is 11.2 Å². The van der Waals surface area contributed by atoms with E-state index in [0.717, 1.165) is 11.3 Å². The molecular formula is C26H18N4O. The number of anilines is 1. The molecule has 0 spiro atoms. The molecule has 31 heavy (non-hydrogen) atoms. The van der Waals surface area contributed by atoms with E-state index < -0.39 is 23.4 Å². The zero-order valence-corrected chi connectivity index (χ0v) is 16.6. The molecule has 2 aliphatic heterocycles. The van der Waals surface area contributed by atoms with Crippen molar-refractivity contribution < 1.29 is 4.79 Å². The summed E-state index contributed by atoms with van der Waals surface area (Å²) in [4.78, 5) is 20.1. The minimum Gasteiger partial charge on any atom is -0.351 e. The Labute approximate surface area is 180 Å². The first kappa shape index (κ1) is 18.8. The molecule has 0 aliphatic carbocycles. The van der Waals surface area contributed by atoms with E-state index in [1.54, 1.807) is 30.6 Å². The van der Waals surface area contributed by atoms with Gasteiger partial charge < -0.3 is 4.90 Å². The Bertz CT molecular complexity index is 1240. The van der Waals surface area contributed by atoms with Gasteiger partial charge in [0, 0.05) is 29.6 Å². The van der Waals surface area contributed by atoms with Crippen LogP contribution in [0.3, 0.4) is 0 Å². The van der Waals surface area contributed by atoms with Crippen molar-refractivity contribution in [2.24, 2.45) is 5.41 Å². The maximum atomic E-state index is 13.9. The molecule has 2 aliphatic rings. The van der Waals surface area contributed by atoms with Crippen molar-refractivity contribution in [3.05, 3.63) is 102 Å². The first-order valence-corrected chi connectivity index (χ1v) is 10.1. The Hall–Kier alpha value is -4.22. The highest BCUT2D eigenvalue weighted by molar-refractivity contribution is 6.04. The number of nitriles is 2. The van der Waals surface area contributed by atoms with E-state index in [-0.39, 0.29) is 5.78 Å². The summed E-state index contributed by atoms with van der Waals surface area (Å²) in [6.45, 7) is 0. The Kier molecular flexibility index (Phi) is 4.38. The number of Topliss-reactive ketones (excluding diaryl/α,β-unsaturated/α-hetero) is 1. The molecule has 1 aromatic heterocycles. The van der Waals surface area contributed by atoms with Crippen LogP contribution in [0.25, 0.3) is 6.08 Å². The lowest BCUT2D eigenvalue weighted by Gasteiger charge is -2.35. The highest BCUT2D eigenvalue weighted by atomic mass is 16.1.